The predicted molar refractivity (Wildman–Crippen MR) is 165 cm³/mol. The normalized spacial score (nSPS) is 12.0. The van der Waals surface area contributed by atoms with Crippen molar-refractivity contribution in [1.82, 2.24) is 10.2 Å². The average Bonchev–Trinajstić information content (AvgIpc) is 2.98. The van der Waals surface area contributed by atoms with Crippen LogP contribution >= 0.6 is 0 Å². The smallest absolute Gasteiger partial charge is 0.243 e. The molecule has 0 bridgehead atoms. The fourth-order valence-corrected chi connectivity index (χ4v) is 5.07. The molecule has 0 saturated carbocycles. The number of ether oxygens (including phenoxy) is 1. The molecule has 0 aromatic heterocycles. The highest BCUT2D eigenvalue weighted by molar-refractivity contribution is 5.89. The number of rotatable bonds is 11. The van der Waals surface area contributed by atoms with Gasteiger partial charge in [0.15, 0.2) is 0 Å². The Morgan fingerprint density at radius 3 is 1.83 bits per heavy atom. The summed E-state index contributed by atoms with van der Waals surface area (Å²) in [5.74, 6) is 0.296. The summed E-state index contributed by atoms with van der Waals surface area (Å²) < 4.78 is 5.46. The van der Waals surface area contributed by atoms with Crippen molar-refractivity contribution in [2.24, 2.45) is 0 Å². The van der Waals surface area contributed by atoms with Gasteiger partial charge in [0.25, 0.3) is 0 Å². The molecule has 2 amide bonds. The van der Waals surface area contributed by atoms with Crippen LogP contribution in [0.25, 0.3) is 0 Å². The summed E-state index contributed by atoms with van der Waals surface area (Å²) in [5.41, 5.74) is 3.56. The number of amides is 2. The second-order valence-corrected chi connectivity index (χ2v) is 11.4. The molecule has 4 aromatic carbocycles. The van der Waals surface area contributed by atoms with E-state index in [1.165, 1.54) is 0 Å². The van der Waals surface area contributed by atoms with E-state index in [0.717, 1.165) is 22.3 Å². The Morgan fingerprint density at radius 2 is 1.29 bits per heavy atom. The highest BCUT2D eigenvalue weighted by Crippen LogP contribution is 2.30. The Bertz CT molecular complexity index is 1360. The van der Waals surface area contributed by atoms with Crippen LogP contribution in [0.5, 0.6) is 5.75 Å². The number of methoxy groups -OCH3 is 1. The number of benzene rings is 4. The molecule has 5 heteroatoms. The molecule has 1 N–H and O–H groups in total. The first kappa shape index (κ1) is 29.6. The molecule has 4 rings (SSSR count). The fraction of sp³-hybridized carbons (Fsp3) is 0.278. The summed E-state index contributed by atoms with van der Waals surface area (Å²) in [6, 6.07) is 37.1. The number of carbonyl (C=O) groups excluding carboxylic acids is 2. The van der Waals surface area contributed by atoms with Crippen molar-refractivity contribution >= 4 is 11.8 Å². The van der Waals surface area contributed by atoms with Crippen molar-refractivity contribution in [3.63, 3.8) is 0 Å². The summed E-state index contributed by atoms with van der Waals surface area (Å²) in [6.07, 6.45) is 0.631. The first-order chi connectivity index (χ1) is 19.7. The second kappa shape index (κ2) is 13.8. The van der Waals surface area contributed by atoms with E-state index in [2.05, 4.69) is 29.6 Å². The maximum atomic E-state index is 14.5. The van der Waals surface area contributed by atoms with Gasteiger partial charge in [-0.05, 0) is 55.2 Å². The van der Waals surface area contributed by atoms with Gasteiger partial charge in [0.05, 0.1) is 7.11 Å². The third kappa shape index (κ3) is 8.55. The molecule has 0 aliphatic heterocycles. The molecule has 0 aliphatic carbocycles. The topological polar surface area (TPSA) is 58.6 Å². The highest BCUT2D eigenvalue weighted by Gasteiger charge is 2.33. The third-order valence-electron chi connectivity index (χ3n) is 7.04. The Morgan fingerprint density at radius 1 is 0.756 bits per heavy atom. The van der Waals surface area contributed by atoms with Crippen LogP contribution in [-0.2, 0) is 22.6 Å². The molecule has 4 aromatic rings. The van der Waals surface area contributed by atoms with Crippen LogP contribution in [0.1, 0.15) is 55.4 Å². The van der Waals surface area contributed by atoms with Gasteiger partial charge in [-0.2, -0.15) is 0 Å². The number of nitrogens with one attached hydrogen (secondary N) is 1. The van der Waals surface area contributed by atoms with Crippen LogP contribution in [0.15, 0.2) is 115 Å². The van der Waals surface area contributed by atoms with Crippen LogP contribution in [0.3, 0.4) is 0 Å². The summed E-state index contributed by atoms with van der Waals surface area (Å²) in [4.78, 5) is 30.1. The number of nitrogens with zero attached hydrogens (tertiary/aromatic N) is 1. The molecular weight excluding hydrogens is 508 g/mol. The summed E-state index contributed by atoms with van der Waals surface area (Å²) in [5, 5.41) is 3.14. The molecule has 1 unspecified atom stereocenters. The number of hydrogen-bond donors (Lipinski definition) is 1. The molecular formula is C36H40N2O3. The zero-order valence-electron chi connectivity index (χ0n) is 24.4. The van der Waals surface area contributed by atoms with Gasteiger partial charge in [0.2, 0.25) is 11.8 Å². The quantitative estimate of drug-likeness (QED) is 0.225. The molecule has 0 spiro atoms. The standard InChI is InChI=1S/C36H40N2O3/c1-36(2,3)37-35(40)33(24-27-15-8-5-9-16-27)38(26-28-17-14-22-31(23-28)41-4)34(39)25-32(29-18-10-6-11-19-29)30-20-12-7-13-21-30/h5-23,32-33H,24-26H2,1-4H3,(H,37,40). The van der Waals surface area contributed by atoms with Crippen LogP contribution in [0, 0.1) is 0 Å². The lowest BCUT2D eigenvalue weighted by Gasteiger charge is -2.35. The van der Waals surface area contributed by atoms with Gasteiger partial charge >= 0.3 is 0 Å². The van der Waals surface area contributed by atoms with Crippen molar-refractivity contribution in [3.8, 4) is 5.75 Å². The highest BCUT2D eigenvalue weighted by atomic mass is 16.5. The maximum absolute atomic E-state index is 14.5. The summed E-state index contributed by atoms with van der Waals surface area (Å²) in [6.45, 7) is 6.15. The summed E-state index contributed by atoms with van der Waals surface area (Å²) in [7, 11) is 1.63. The predicted octanol–water partition coefficient (Wildman–Crippen LogP) is 6.77. The molecule has 5 nitrogen and oxygen atoms in total. The molecule has 41 heavy (non-hydrogen) atoms. The van der Waals surface area contributed by atoms with Gasteiger partial charge in [-0.3, -0.25) is 9.59 Å². The Hall–Kier alpha value is -4.38. The van der Waals surface area contributed by atoms with E-state index in [1.54, 1.807) is 12.0 Å². The average molecular weight is 549 g/mol. The van der Waals surface area contributed by atoms with Crippen molar-refractivity contribution in [3.05, 3.63) is 138 Å². The SMILES string of the molecule is COc1cccc(CN(C(=O)CC(c2ccccc2)c2ccccc2)C(Cc2ccccc2)C(=O)NC(C)(C)C)c1. The van der Waals surface area contributed by atoms with E-state index < -0.39 is 11.6 Å². The third-order valence-corrected chi connectivity index (χ3v) is 7.04. The van der Waals surface area contributed by atoms with E-state index >= 15 is 0 Å². The lowest BCUT2D eigenvalue weighted by molar-refractivity contribution is -0.142. The monoisotopic (exact) mass is 548 g/mol. The van der Waals surface area contributed by atoms with Crippen molar-refractivity contribution in [1.29, 1.82) is 0 Å². The molecule has 0 heterocycles. The fourth-order valence-electron chi connectivity index (χ4n) is 5.07. The minimum atomic E-state index is -0.706. The van der Waals surface area contributed by atoms with Gasteiger partial charge < -0.3 is 15.0 Å². The van der Waals surface area contributed by atoms with Gasteiger partial charge in [0.1, 0.15) is 11.8 Å². The van der Waals surface area contributed by atoms with Gasteiger partial charge in [-0.15, -0.1) is 0 Å². The first-order valence-corrected chi connectivity index (χ1v) is 14.1. The van der Waals surface area contributed by atoms with E-state index in [9.17, 15) is 9.59 Å². The lowest BCUT2D eigenvalue weighted by Crippen LogP contribution is -2.54. The van der Waals surface area contributed by atoms with Crippen molar-refractivity contribution in [2.75, 3.05) is 7.11 Å². The van der Waals surface area contributed by atoms with Crippen LogP contribution in [0.4, 0.5) is 0 Å². The molecule has 0 aliphatic rings. The van der Waals surface area contributed by atoms with Crippen LogP contribution in [-0.4, -0.2) is 35.4 Å². The Kier molecular flexibility index (Phi) is 9.96. The minimum absolute atomic E-state index is 0.0875. The molecule has 0 radical (unpaired) electrons. The Labute approximate surface area is 244 Å². The largest absolute Gasteiger partial charge is 0.497 e. The van der Waals surface area contributed by atoms with Crippen LogP contribution < -0.4 is 10.1 Å². The maximum Gasteiger partial charge on any atom is 0.243 e. The zero-order chi connectivity index (χ0) is 29.2. The van der Waals surface area contributed by atoms with E-state index in [4.69, 9.17) is 4.74 Å². The second-order valence-electron chi connectivity index (χ2n) is 11.4. The molecule has 1 atom stereocenters. The minimum Gasteiger partial charge on any atom is -0.497 e. The van der Waals surface area contributed by atoms with Crippen molar-refractivity contribution < 1.29 is 14.3 Å². The molecule has 0 fully saturated rings. The van der Waals surface area contributed by atoms with Gasteiger partial charge in [-0.1, -0.05) is 103 Å². The van der Waals surface area contributed by atoms with Gasteiger partial charge in [-0.25, -0.2) is 0 Å². The first-order valence-electron chi connectivity index (χ1n) is 14.1. The summed E-state index contributed by atoms with van der Waals surface area (Å²) >= 11 is 0. The van der Waals surface area contributed by atoms with E-state index in [0.29, 0.717) is 12.2 Å². The Balaban J connectivity index is 1.76. The molecule has 0 saturated heterocycles. The van der Waals surface area contributed by atoms with E-state index in [1.807, 2.05) is 112 Å². The number of carbonyl (C=O) groups is 2. The molecule has 212 valence electrons. The lowest BCUT2D eigenvalue weighted by atomic mass is 9.87. The van der Waals surface area contributed by atoms with Gasteiger partial charge in [0, 0.05) is 30.8 Å². The van der Waals surface area contributed by atoms with Crippen LogP contribution in [0.2, 0.25) is 0 Å². The zero-order valence-corrected chi connectivity index (χ0v) is 24.4. The van der Waals surface area contributed by atoms with Crippen molar-refractivity contribution in [2.45, 2.75) is 57.7 Å². The van der Waals surface area contributed by atoms with E-state index in [-0.39, 0.29) is 30.7 Å². The number of hydrogen-bond acceptors (Lipinski definition) is 3.